The summed E-state index contributed by atoms with van der Waals surface area (Å²) >= 11 is 0. The number of hydrogen-bond acceptors (Lipinski definition) is 7. The Labute approximate surface area is 164 Å². The third kappa shape index (κ3) is 9.19. The Morgan fingerprint density at radius 1 is 1.00 bits per heavy atom. The van der Waals surface area contributed by atoms with E-state index in [1.165, 1.54) is 20.8 Å². The molecule has 0 saturated carbocycles. The van der Waals surface area contributed by atoms with E-state index in [1.54, 1.807) is 20.8 Å². The largest absolute Gasteiger partial charge is 0.467 e. The topological polar surface area (TPSA) is 166 Å². The maximum absolute atomic E-state index is 12.5. The Balaban J connectivity index is 5.18. The number of esters is 1. The van der Waals surface area contributed by atoms with Gasteiger partial charge < -0.3 is 31.2 Å². The highest BCUT2D eigenvalue weighted by molar-refractivity contribution is 5.96. The molecule has 0 spiro atoms. The average molecular weight is 402 g/mol. The lowest BCUT2D eigenvalue weighted by atomic mass is 10.0. The molecular weight excluding hydrogens is 372 g/mol. The normalized spacial score (nSPS) is 13.5. The summed E-state index contributed by atoms with van der Waals surface area (Å²) in [5.74, 6) is -3.11. The molecule has 0 aliphatic carbocycles. The number of nitrogens with one attached hydrogen (secondary N) is 3. The van der Waals surface area contributed by atoms with Gasteiger partial charge in [-0.2, -0.15) is 0 Å². The third-order valence-electron chi connectivity index (χ3n) is 3.32. The number of ether oxygens (including phenoxy) is 2. The van der Waals surface area contributed by atoms with Gasteiger partial charge in [0.1, 0.15) is 23.2 Å². The third-order valence-corrected chi connectivity index (χ3v) is 3.32. The van der Waals surface area contributed by atoms with Crippen molar-refractivity contribution in [3.05, 3.63) is 0 Å². The van der Waals surface area contributed by atoms with Crippen LogP contribution < -0.4 is 21.7 Å². The molecule has 0 heterocycles. The molecule has 11 heteroatoms. The molecule has 0 aliphatic rings. The van der Waals surface area contributed by atoms with Crippen molar-refractivity contribution < 1.29 is 33.4 Å². The first-order valence-corrected chi connectivity index (χ1v) is 8.57. The smallest absolute Gasteiger partial charge is 0.408 e. The van der Waals surface area contributed by atoms with Gasteiger partial charge in [-0.25, -0.2) is 9.59 Å². The fraction of sp³-hybridized carbons (Fsp3) is 0.706. The molecule has 0 rings (SSSR count). The Bertz CT molecular complexity index is 625. The summed E-state index contributed by atoms with van der Waals surface area (Å²) in [6.07, 6.45) is -1.34. The second-order valence-corrected chi connectivity index (χ2v) is 7.70. The number of rotatable bonds is 8. The van der Waals surface area contributed by atoms with Gasteiger partial charge in [0.15, 0.2) is 0 Å². The van der Waals surface area contributed by atoms with E-state index in [9.17, 15) is 24.0 Å². The van der Waals surface area contributed by atoms with Gasteiger partial charge in [0.25, 0.3) is 0 Å². The van der Waals surface area contributed by atoms with Crippen molar-refractivity contribution in [1.82, 2.24) is 16.0 Å². The van der Waals surface area contributed by atoms with E-state index in [2.05, 4.69) is 20.7 Å². The maximum Gasteiger partial charge on any atom is 0.408 e. The summed E-state index contributed by atoms with van der Waals surface area (Å²) in [5, 5.41) is 7.04. The van der Waals surface area contributed by atoms with Crippen LogP contribution in [0.15, 0.2) is 0 Å². The van der Waals surface area contributed by atoms with E-state index in [4.69, 9.17) is 10.5 Å². The molecule has 0 aliphatic heterocycles. The van der Waals surface area contributed by atoms with Crippen LogP contribution in [0.4, 0.5) is 4.79 Å². The molecule has 11 nitrogen and oxygen atoms in total. The van der Waals surface area contributed by atoms with Crippen LogP contribution in [0.2, 0.25) is 0 Å². The van der Waals surface area contributed by atoms with Gasteiger partial charge in [-0.15, -0.1) is 0 Å². The predicted molar refractivity (Wildman–Crippen MR) is 98.8 cm³/mol. The summed E-state index contributed by atoms with van der Waals surface area (Å²) in [5.41, 5.74) is 2.90. The lowest BCUT2D eigenvalue weighted by Gasteiger charge is -2.29. The average Bonchev–Trinajstić information content (AvgIpc) is 2.50. The Morgan fingerprint density at radius 3 is 1.96 bits per heavy atom. The van der Waals surface area contributed by atoms with Crippen LogP contribution in [-0.2, 0) is 28.7 Å². The van der Waals surface area contributed by atoms with E-state index in [0.717, 1.165) is 7.11 Å². The number of carbonyl (C=O) groups excluding carboxylic acids is 5. The zero-order valence-electron chi connectivity index (χ0n) is 17.3. The Kier molecular flexibility index (Phi) is 8.90. The van der Waals surface area contributed by atoms with E-state index in [1.807, 2.05) is 0 Å². The van der Waals surface area contributed by atoms with Crippen LogP contribution in [0, 0.1) is 0 Å². The molecule has 0 saturated heterocycles. The molecule has 4 amide bonds. The van der Waals surface area contributed by atoms with Gasteiger partial charge in [-0.3, -0.25) is 14.4 Å². The van der Waals surface area contributed by atoms with Crippen LogP contribution in [0.5, 0.6) is 0 Å². The summed E-state index contributed by atoms with van der Waals surface area (Å²) < 4.78 is 9.60. The molecular formula is C17H30N4O7. The monoisotopic (exact) mass is 402 g/mol. The van der Waals surface area contributed by atoms with Crippen molar-refractivity contribution in [2.24, 2.45) is 5.73 Å². The van der Waals surface area contributed by atoms with Crippen molar-refractivity contribution in [2.45, 2.75) is 71.2 Å². The van der Waals surface area contributed by atoms with E-state index in [0.29, 0.717) is 0 Å². The predicted octanol–water partition coefficient (Wildman–Crippen LogP) is -0.672. The van der Waals surface area contributed by atoms with Gasteiger partial charge in [-0.05, 0) is 41.5 Å². The summed E-state index contributed by atoms with van der Waals surface area (Å²) in [4.78, 5) is 59.5. The van der Waals surface area contributed by atoms with Crippen LogP contribution >= 0.6 is 0 Å². The summed E-state index contributed by atoms with van der Waals surface area (Å²) in [6.45, 7) is 9.14. The lowest BCUT2D eigenvalue weighted by molar-refractivity contribution is -0.145. The van der Waals surface area contributed by atoms with Crippen LogP contribution in [0.3, 0.4) is 0 Å². The minimum atomic E-state index is -1.47. The SMILES string of the molecule is COC(=O)[C@H](C)NC(=O)[C@@H](CC(N)=O)NC(=O)C(C)(C)NC(=O)OC(C)(C)C. The van der Waals surface area contributed by atoms with Gasteiger partial charge in [0.2, 0.25) is 17.7 Å². The summed E-state index contributed by atoms with van der Waals surface area (Å²) in [6, 6.07) is -2.35. The Morgan fingerprint density at radius 2 is 1.54 bits per heavy atom. The molecule has 0 aromatic carbocycles. The molecule has 5 N–H and O–H groups in total. The minimum Gasteiger partial charge on any atom is -0.467 e. The first-order chi connectivity index (χ1) is 12.6. The van der Waals surface area contributed by atoms with Crippen molar-refractivity contribution >= 4 is 29.8 Å². The number of amides is 4. The lowest BCUT2D eigenvalue weighted by Crippen LogP contribution is -2.60. The highest BCUT2D eigenvalue weighted by Crippen LogP contribution is 2.10. The van der Waals surface area contributed by atoms with Gasteiger partial charge in [0, 0.05) is 0 Å². The molecule has 0 bridgehead atoms. The second kappa shape index (κ2) is 9.90. The fourth-order valence-electron chi connectivity index (χ4n) is 1.91. The molecule has 0 unspecified atom stereocenters. The van der Waals surface area contributed by atoms with Gasteiger partial charge in [-0.1, -0.05) is 0 Å². The van der Waals surface area contributed by atoms with Crippen molar-refractivity contribution in [2.75, 3.05) is 7.11 Å². The number of nitrogens with two attached hydrogens (primary N) is 1. The molecule has 0 aromatic heterocycles. The molecule has 28 heavy (non-hydrogen) atoms. The van der Waals surface area contributed by atoms with Crippen LogP contribution in [0.25, 0.3) is 0 Å². The zero-order chi connectivity index (χ0) is 22.3. The second-order valence-electron chi connectivity index (χ2n) is 7.70. The van der Waals surface area contributed by atoms with Gasteiger partial charge >= 0.3 is 12.1 Å². The van der Waals surface area contributed by atoms with Crippen molar-refractivity contribution in [3.63, 3.8) is 0 Å². The molecule has 0 aromatic rings. The summed E-state index contributed by atoms with van der Waals surface area (Å²) in [7, 11) is 1.15. The number of primary amides is 1. The quantitative estimate of drug-likeness (QED) is 0.391. The standard InChI is InChI=1S/C17H30N4O7/c1-9(13(24)27-7)19-12(23)10(8-11(18)22)20-14(25)17(5,6)21-15(26)28-16(2,3)4/h9-10H,8H2,1-7H3,(H2,18,22)(H,19,23)(H,20,25)(H,21,26)/t9-,10+/m0/s1. The van der Waals surface area contributed by atoms with E-state index in [-0.39, 0.29) is 0 Å². The zero-order valence-corrected chi connectivity index (χ0v) is 17.3. The van der Waals surface area contributed by atoms with E-state index < -0.39 is 59.4 Å². The van der Waals surface area contributed by atoms with E-state index >= 15 is 0 Å². The van der Waals surface area contributed by atoms with Crippen molar-refractivity contribution in [3.8, 4) is 0 Å². The number of alkyl carbamates (subject to hydrolysis) is 1. The highest BCUT2D eigenvalue weighted by Gasteiger charge is 2.35. The fourth-order valence-corrected chi connectivity index (χ4v) is 1.91. The van der Waals surface area contributed by atoms with Crippen molar-refractivity contribution in [1.29, 1.82) is 0 Å². The highest BCUT2D eigenvalue weighted by atomic mass is 16.6. The molecule has 160 valence electrons. The molecule has 0 fully saturated rings. The number of carbonyl (C=O) groups is 5. The van der Waals surface area contributed by atoms with Crippen LogP contribution in [-0.4, -0.2) is 60.1 Å². The number of hydrogen-bond donors (Lipinski definition) is 4. The Hall–Kier alpha value is -2.85. The van der Waals surface area contributed by atoms with Crippen LogP contribution in [0.1, 0.15) is 48.0 Å². The molecule has 0 radical (unpaired) electrons. The maximum atomic E-state index is 12.5. The minimum absolute atomic E-state index is 0.506. The van der Waals surface area contributed by atoms with Gasteiger partial charge in [0.05, 0.1) is 13.5 Å². The first-order valence-electron chi connectivity index (χ1n) is 8.57. The first kappa shape index (κ1) is 25.1. The number of methoxy groups -OCH3 is 1. The molecule has 2 atom stereocenters.